The van der Waals surface area contributed by atoms with Crippen LogP contribution in [0.5, 0.6) is 0 Å². The first-order chi connectivity index (χ1) is 11.6. The van der Waals surface area contributed by atoms with Crippen LogP contribution in [0, 0.1) is 6.92 Å². The van der Waals surface area contributed by atoms with Gasteiger partial charge in [-0.25, -0.2) is 0 Å². The number of carbonyl (C=O) groups excluding carboxylic acids is 1. The van der Waals surface area contributed by atoms with Gasteiger partial charge < -0.3 is 5.32 Å². The van der Waals surface area contributed by atoms with Gasteiger partial charge in [0.25, 0.3) is 0 Å². The van der Waals surface area contributed by atoms with E-state index in [1.165, 1.54) is 16.3 Å². The largest absolute Gasteiger partial charge is 0.351 e. The van der Waals surface area contributed by atoms with Crippen LogP contribution in [0.4, 0.5) is 0 Å². The van der Waals surface area contributed by atoms with Crippen molar-refractivity contribution in [3.05, 3.63) is 77.9 Å². The molecule has 24 heavy (non-hydrogen) atoms. The smallest absolute Gasteiger partial charge is 0.233 e. The molecule has 0 spiro atoms. The molecule has 0 fully saturated rings. The van der Waals surface area contributed by atoms with Crippen LogP contribution in [-0.4, -0.2) is 11.2 Å². The molecule has 122 valence electrons. The molecule has 3 heteroatoms. The molecule has 0 saturated heterocycles. The van der Waals surface area contributed by atoms with E-state index < -0.39 is 0 Å². The number of nitrogens with one attached hydrogen (secondary N) is 1. The Morgan fingerprint density at radius 3 is 2.46 bits per heavy atom. The van der Waals surface area contributed by atoms with E-state index in [0.717, 1.165) is 10.5 Å². The summed E-state index contributed by atoms with van der Waals surface area (Å²) in [5, 5.41) is 5.34. The van der Waals surface area contributed by atoms with Gasteiger partial charge >= 0.3 is 0 Å². The molecule has 3 aromatic rings. The van der Waals surface area contributed by atoms with Crippen molar-refractivity contribution in [2.24, 2.45) is 0 Å². The van der Waals surface area contributed by atoms with Crippen LogP contribution in [0.3, 0.4) is 0 Å². The monoisotopic (exact) mass is 335 g/mol. The number of amides is 1. The number of hydrogen-bond donors (Lipinski definition) is 1. The Hall–Kier alpha value is -2.26. The Labute approximate surface area is 147 Å². The summed E-state index contributed by atoms with van der Waals surface area (Å²) < 4.78 is 0. The highest BCUT2D eigenvalue weighted by atomic mass is 32.2. The summed E-state index contributed by atoms with van der Waals surface area (Å²) in [5.41, 5.74) is 2.35. The lowest BCUT2D eigenvalue weighted by Gasteiger charge is -2.12. The maximum Gasteiger partial charge on any atom is 0.233 e. The maximum atomic E-state index is 12.3. The maximum absolute atomic E-state index is 12.3. The molecule has 0 aliphatic carbocycles. The molecule has 3 aromatic carbocycles. The molecule has 0 radical (unpaired) electrons. The molecule has 0 bridgehead atoms. The molecular formula is C21H21NOS. The Bertz CT molecular complexity index is 842. The fraction of sp³-hybridized carbons (Fsp3) is 0.190. The average Bonchev–Trinajstić information content (AvgIpc) is 2.61. The van der Waals surface area contributed by atoms with Crippen LogP contribution >= 0.6 is 11.8 Å². The van der Waals surface area contributed by atoms with Crippen LogP contribution in [0.1, 0.15) is 18.1 Å². The van der Waals surface area contributed by atoms with Crippen molar-refractivity contribution < 1.29 is 4.79 Å². The van der Waals surface area contributed by atoms with Gasteiger partial charge in [0.2, 0.25) is 5.91 Å². The van der Waals surface area contributed by atoms with Gasteiger partial charge in [-0.2, -0.15) is 0 Å². The van der Waals surface area contributed by atoms with E-state index in [1.54, 1.807) is 11.8 Å². The van der Waals surface area contributed by atoms with Crippen LogP contribution < -0.4 is 5.32 Å². The fourth-order valence-corrected chi connectivity index (χ4v) is 3.45. The Morgan fingerprint density at radius 2 is 1.71 bits per heavy atom. The van der Waals surface area contributed by atoms with E-state index in [9.17, 15) is 4.79 Å². The van der Waals surface area contributed by atoms with Crippen molar-refractivity contribution >= 4 is 28.4 Å². The van der Waals surface area contributed by atoms with E-state index in [1.807, 2.05) is 19.1 Å². The number of benzene rings is 3. The van der Waals surface area contributed by atoms with Gasteiger partial charge in [0.15, 0.2) is 0 Å². The molecule has 0 unspecified atom stereocenters. The zero-order valence-corrected chi connectivity index (χ0v) is 14.8. The predicted molar refractivity (Wildman–Crippen MR) is 102 cm³/mol. The zero-order chi connectivity index (χ0) is 16.9. The van der Waals surface area contributed by atoms with E-state index in [0.29, 0.717) is 6.54 Å². The second-order valence-corrected chi connectivity index (χ2v) is 7.39. The Morgan fingerprint density at radius 1 is 1.00 bits per heavy atom. The Kier molecular flexibility index (Phi) is 5.21. The summed E-state index contributed by atoms with van der Waals surface area (Å²) in [7, 11) is 0. The fourth-order valence-electron chi connectivity index (χ4n) is 2.56. The summed E-state index contributed by atoms with van der Waals surface area (Å²) >= 11 is 1.59. The molecule has 0 heterocycles. The minimum absolute atomic E-state index is 0.0636. The van der Waals surface area contributed by atoms with Gasteiger partial charge in [-0.1, -0.05) is 54.1 Å². The van der Waals surface area contributed by atoms with Gasteiger partial charge in [0.1, 0.15) is 0 Å². The third-order valence-electron chi connectivity index (χ3n) is 3.98. The Balaban J connectivity index is 1.58. The summed E-state index contributed by atoms with van der Waals surface area (Å²) in [6, 6.07) is 22.8. The van der Waals surface area contributed by atoms with Crippen molar-refractivity contribution in [1.29, 1.82) is 0 Å². The summed E-state index contributed by atoms with van der Waals surface area (Å²) in [4.78, 5) is 13.4. The van der Waals surface area contributed by atoms with Gasteiger partial charge in [-0.15, -0.1) is 11.8 Å². The van der Waals surface area contributed by atoms with Crippen molar-refractivity contribution in [2.75, 3.05) is 0 Å². The molecule has 3 rings (SSSR count). The topological polar surface area (TPSA) is 29.1 Å². The number of aryl methyl sites for hydroxylation is 1. The highest BCUT2D eigenvalue weighted by Gasteiger charge is 2.14. The third kappa shape index (κ3) is 4.18. The number of thioether (sulfide) groups is 1. The number of hydrogen-bond acceptors (Lipinski definition) is 2. The first kappa shape index (κ1) is 16.6. The molecule has 1 amide bonds. The quantitative estimate of drug-likeness (QED) is 0.669. The molecule has 1 atom stereocenters. The predicted octanol–water partition coefficient (Wildman–Crippen LogP) is 4.95. The normalized spacial score (nSPS) is 12.1. The third-order valence-corrected chi connectivity index (χ3v) is 5.10. The molecule has 0 aliphatic heterocycles. The van der Waals surface area contributed by atoms with E-state index in [2.05, 4.69) is 66.8 Å². The standard InChI is InChI=1S/C21H21NOS/c1-15-7-11-20(12-8-15)24-16(2)21(23)22-14-17-9-10-18-5-3-4-6-19(18)13-17/h3-13,16H,14H2,1-2H3,(H,22,23)/t16-/m1/s1. The van der Waals surface area contributed by atoms with E-state index >= 15 is 0 Å². The van der Waals surface area contributed by atoms with Crippen LogP contribution in [0.25, 0.3) is 10.8 Å². The molecule has 1 N–H and O–H groups in total. The SMILES string of the molecule is Cc1ccc(S[C@H](C)C(=O)NCc2ccc3ccccc3c2)cc1. The first-order valence-electron chi connectivity index (χ1n) is 8.10. The average molecular weight is 335 g/mol. The summed E-state index contributed by atoms with van der Waals surface area (Å²) in [6.45, 7) is 4.57. The lowest BCUT2D eigenvalue weighted by Crippen LogP contribution is -2.30. The molecule has 0 aromatic heterocycles. The van der Waals surface area contributed by atoms with Crippen molar-refractivity contribution in [3.8, 4) is 0 Å². The minimum Gasteiger partial charge on any atom is -0.351 e. The number of rotatable bonds is 5. The van der Waals surface area contributed by atoms with Crippen molar-refractivity contribution in [2.45, 2.75) is 30.5 Å². The van der Waals surface area contributed by atoms with Gasteiger partial charge in [0, 0.05) is 11.4 Å². The number of fused-ring (bicyclic) bond motifs is 1. The van der Waals surface area contributed by atoms with Gasteiger partial charge in [0.05, 0.1) is 5.25 Å². The van der Waals surface area contributed by atoms with Gasteiger partial charge in [-0.3, -0.25) is 4.79 Å². The molecule has 0 aliphatic rings. The molecular weight excluding hydrogens is 314 g/mol. The van der Waals surface area contributed by atoms with Crippen molar-refractivity contribution in [3.63, 3.8) is 0 Å². The van der Waals surface area contributed by atoms with E-state index in [4.69, 9.17) is 0 Å². The second-order valence-electron chi connectivity index (χ2n) is 5.97. The summed E-state index contributed by atoms with van der Waals surface area (Å²) in [6.07, 6.45) is 0. The van der Waals surface area contributed by atoms with Crippen LogP contribution in [0.2, 0.25) is 0 Å². The summed E-state index contributed by atoms with van der Waals surface area (Å²) in [5.74, 6) is 0.0636. The minimum atomic E-state index is -0.117. The molecule has 0 saturated carbocycles. The lowest BCUT2D eigenvalue weighted by atomic mass is 10.1. The molecule has 2 nitrogen and oxygen atoms in total. The van der Waals surface area contributed by atoms with Crippen LogP contribution in [0.15, 0.2) is 71.6 Å². The zero-order valence-electron chi connectivity index (χ0n) is 14.0. The highest BCUT2D eigenvalue weighted by Crippen LogP contribution is 2.23. The second kappa shape index (κ2) is 7.54. The van der Waals surface area contributed by atoms with E-state index in [-0.39, 0.29) is 11.2 Å². The highest BCUT2D eigenvalue weighted by molar-refractivity contribution is 8.00. The lowest BCUT2D eigenvalue weighted by molar-refractivity contribution is -0.120. The van der Waals surface area contributed by atoms with Gasteiger partial charge in [-0.05, 0) is 48.4 Å². The number of carbonyl (C=O) groups is 1. The van der Waals surface area contributed by atoms with Crippen LogP contribution in [-0.2, 0) is 11.3 Å². The van der Waals surface area contributed by atoms with Crippen molar-refractivity contribution in [1.82, 2.24) is 5.32 Å². The first-order valence-corrected chi connectivity index (χ1v) is 8.98.